The van der Waals surface area contributed by atoms with E-state index in [9.17, 15) is 9.59 Å². The number of rotatable bonds is 6. The van der Waals surface area contributed by atoms with Gasteiger partial charge in [0.05, 0.1) is 18.4 Å². The van der Waals surface area contributed by atoms with Gasteiger partial charge in [0, 0.05) is 28.6 Å². The highest BCUT2D eigenvalue weighted by molar-refractivity contribution is 7.99. The largest absolute Gasteiger partial charge is 0.497 e. The second kappa shape index (κ2) is 8.10. The number of para-hydroxylation sites is 1. The van der Waals surface area contributed by atoms with Gasteiger partial charge in [0.15, 0.2) is 5.43 Å². The van der Waals surface area contributed by atoms with Crippen molar-refractivity contribution in [1.82, 2.24) is 4.98 Å². The van der Waals surface area contributed by atoms with Crippen LogP contribution in [0.5, 0.6) is 5.75 Å². The zero-order valence-electron chi connectivity index (χ0n) is 14.7. The molecule has 1 aromatic heterocycles. The quantitative estimate of drug-likeness (QED) is 0.696. The number of carbonyl (C=O) groups is 1. The molecule has 26 heavy (non-hydrogen) atoms. The number of amides is 1. The van der Waals surface area contributed by atoms with E-state index >= 15 is 0 Å². The Balaban J connectivity index is 1.59. The van der Waals surface area contributed by atoms with Gasteiger partial charge in [0.1, 0.15) is 5.75 Å². The molecule has 6 heteroatoms. The summed E-state index contributed by atoms with van der Waals surface area (Å²) in [6.45, 7) is 1.97. The Bertz CT molecular complexity index is 981. The van der Waals surface area contributed by atoms with Crippen molar-refractivity contribution in [2.75, 3.05) is 18.2 Å². The average Bonchev–Trinajstić information content (AvgIpc) is 2.63. The van der Waals surface area contributed by atoms with E-state index in [0.717, 1.165) is 28.2 Å². The topological polar surface area (TPSA) is 71.2 Å². The lowest BCUT2D eigenvalue weighted by molar-refractivity contribution is -0.113. The van der Waals surface area contributed by atoms with Gasteiger partial charge in [-0.25, -0.2) is 0 Å². The van der Waals surface area contributed by atoms with Crippen molar-refractivity contribution in [3.05, 3.63) is 70.0 Å². The zero-order chi connectivity index (χ0) is 18.5. The number of nitrogens with one attached hydrogen (secondary N) is 2. The van der Waals surface area contributed by atoms with Gasteiger partial charge >= 0.3 is 0 Å². The molecular formula is C20H20N2O3S. The monoisotopic (exact) mass is 368 g/mol. The minimum absolute atomic E-state index is 0.000680. The molecule has 0 saturated heterocycles. The van der Waals surface area contributed by atoms with E-state index < -0.39 is 0 Å². The lowest BCUT2D eigenvalue weighted by Crippen LogP contribution is -2.14. The van der Waals surface area contributed by atoms with Crippen LogP contribution in [0.4, 0.5) is 5.69 Å². The summed E-state index contributed by atoms with van der Waals surface area (Å²) < 4.78 is 5.09. The number of carbonyl (C=O) groups excluding carboxylic acids is 1. The Labute approximate surface area is 155 Å². The predicted molar refractivity (Wildman–Crippen MR) is 107 cm³/mol. The number of aromatic amines is 1. The van der Waals surface area contributed by atoms with Crippen LogP contribution < -0.4 is 15.5 Å². The normalized spacial score (nSPS) is 10.7. The van der Waals surface area contributed by atoms with E-state index in [1.54, 1.807) is 37.4 Å². The minimum atomic E-state index is -0.0838. The average molecular weight is 368 g/mol. The summed E-state index contributed by atoms with van der Waals surface area (Å²) in [4.78, 5) is 27.6. The fraction of sp³-hybridized carbons (Fsp3) is 0.200. The maximum atomic E-state index is 12.2. The van der Waals surface area contributed by atoms with E-state index in [4.69, 9.17) is 4.74 Å². The van der Waals surface area contributed by atoms with Crippen molar-refractivity contribution < 1.29 is 9.53 Å². The summed E-state index contributed by atoms with van der Waals surface area (Å²) in [7, 11) is 1.60. The van der Waals surface area contributed by atoms with Crippen molar-refractivity contribution in [2.24, 2.45) is 0 Å². The van der Waals surface area contributed by atoms with E-state index in [2.05, 4.69) is 10.3 Å². The molecule has 5 nitrogen and oxygen atoms in total. The van der Waals surface area contributed by atoms with Gasteiger partial charge in [-0.2, -0.15) is 0 Å². The number of hydrogen-bond acceptors (Lipinski definition) is 4. The van der Waals surface area contributed by atoms with Gasteiger partial charge in [-0.1, -0.05) is 12.1 Å². The first-order valence-electron chi connectivity index (χ1n) is 8.20. The van der Waals surface area contributed by atoms with Crippen LogP contribution in [0.1, 0.15) is 11.3 Å². The molecule has 3 rings (SSSR count). The summed E-state index contributed by atoms with van der Waals surface area (Å²) in [5.41, 5.74) is 3.44. The number of methoxy groups -OCH3 is 1. The number of aromatic nitrogens is 1. The van der Waals surface area contributed by atoms with Crippen LogP contribution in [0.15, 0.2) is 53.3 Å². The summed E-state index contributed by atoms with van der Waals surface area (Å²) in [5, 5.41) is 3.53. The number of benzene rings is 2. The van der Waals surface area contributed by atoms with Crippen molar-refractivity contribution in [1.29, 1.82) is 0 Å². The molecule has 134 valence electrons. The van der Waals surface area contributed by atoms with Crippen LogP contribution in [-0.2, 0) is 10.5 Å². The molecule has 2 N–H and O–H groups in total. The molecule has 0 radical (unpaired) electrons. The number of aryl methyl sites for hydroxylation is 1. The lowest BCUT2D eigenvalue weighted by atomic mass is 10.1. The van der Waals surface area contributed by atoms with Gasteiger partial charge in [0.25, 0.3) is 0 Å². The van der Waals surface area contributed by atoms with Crippen molar-refractivity contribution in [3.8, 4) is 5.75 Å². The first-order valence-corrected chi connectivity index (χ1v) is 9.35. The lowest BCUT2D eigenvalue weighted by Gasteiger charge is -2.08. The van der Waals surface area contributed by atoms with Crippen LogP contribution in [0.25, 0.3) is 10.9 Å². The van der Waals surface area contributed by atoms with Gasteiger partial charge in [-0.05, 0) is 42.8 Å². The molecule has 1 heterocycles. The molecule has 3 aromatic rings. The highest BCUT2D eigenvalue weighted by atomic mass is 32.2. The minimum Gasteiger partial charge on any atom is -0.497 e. The molecule has 0 fully saturated rings. The summed E-state index contributed by atoms with van der Waals surface area (Å²) in [6.07, 6.45) is 0. The predicted octanol–water partition coefficient (Wildman–Crippen LogP) is 3.72. The van der Waals surface area contributed by atoms with Gasteiger partial charge in [-0.3, -0.25) is 9.59 Å². The molecule has 0 saturated carbocycles. The number of pyridine rings is 1. The summed E-state index contributed by atoms with van der Waals surface area (Å²) in [5.74, 6) is 1.53. The molecule has 0 unspecified atom stereocenters. The smallest absolute Gasteiger partial charge is 0.234 e. The maximum Gasteiger partial charge on any atom is 0.234 e. The van der Waals surface area contributed by atoms with Crippen LogP contribution in [-0.4, -0.2) is 23.8 Å². The Hall–Kier alpha value is -2.73. The molecule has 0 atom stereocenters. The van der Waals surface area contributed by atoms with Crippen LogP contribution in [0.3, 0.4) is 0 Å². The van der Waals surface area contributed by atoms with Crippen LogP contribution >= 0.6 is 11.8 Å². The molecular weight excluding hydrogens is 348 g/mol. The second-order valence-corrected chi connectivity index (χ2v) is 6.91. The molecule has 2 aromatic carbocycles. The Morgan fingerprint density at radius 2 is 1.96 bits per heavy atom. The number of anilines is 1. The van der Waals surface area contributed by atoms with Gasteiger partial charge < -0.3 is 15.0 Å². The first-order chi connectivity index (χ1) is 12.6. The van der Waals surface area contributed by atoms with E-state index in [1.807, 2.05) is 25.1 Å². The fourth-order valence-corrected chi connectivity index (χ4v) is 3.41. The number of H-pyrrole nitrogens is 1. The van der Waals surface area contributed by atoms with E-state index in [-0.39, 0.29) is 11.3 Å². The SMILES string of the molecule is COc1ccc(NC(=O)CSCc2cc(=O)c3cccc(C)c3[nH]2)cc1. The Kier molecular flexibility index (Phi) is 5.63. The molecule has 1 amide bonds. The number of fused-ring (bicyclic) bond motifs is 1. The van der Waals surface area contributed by atoms with Crippen LogP contribution in [0.2, 0.25) is 0 Å². The van der Waals surface area contributed by atoms with Crippen molar-refractivity contribution in [2.45, 2.75) is 12.7 Å². The van der Waals surface area contributed by atoms with Crippen LogP contribution in [0, 0.1) is 6.92 Å². The van der Waals surface area contributed by atoms with Gasteiger partial charge in [-0.15, -0.1) is 11.8 Å². The summed E-state index contributed by atoms with van der Waals surface area (Å²) in [6, 6.07) is 14.5. The number of ether oxygens (including phenoxy) is 1. The van der Waals surface area contributed by atoms with Gasteiger partial charge in [0.2, 0.25) is 5.91 Å². The molecule has 0 aliphatic heterocycles. The molecule has 0 aliphatic carbocycles. The third-order valence-corrected chi connectivity index (χ3v) is 4.98. The Morgan fingerprint density at radius 1 is 1.19 bits per heavy atom. The third-order valence-electron chi connectivity index (χ3n) is 3.99. The fourth-order valence-electron chi connectivity index (χ4n) is 2.67. The number of thioether (sulfide) groups is 1. The van der Waals surface area contributed by atoms with E-state index in [1.165, 1.54) is 11.8 Å². The standard InChI is InChI=1S/C20H20N2O3S/c1-13-4-3-5-17-18(23)10-15(22-20(13)17)11-26-12-19(24)21-14-6-8-16(25-2)9-7-14/h3-10H,11-12H2,1-2H3,(H,21,24)(H,22,23). The summed E-state index contributed by atoms with van der Waals surface area (Å²) >= 11 is 1.46. The second-order valence-electron chi connectivity index (χ2n) is 5.93. The molecule has 0 spiro atoms. The Morgan fingerprint density at radius 3 is 2.69 bits per heavy atom. The zero-order valence-corrected chi connectivity index (χ0v) is 15.5. The molecule has 0 bridgehead atoms. The number of hydrogen-bond donors (Lipinski definition) is 2. The van der Waals surface area contributed by atoms with Crippen molar-refractivity contribution >= 4 is 34.3 Å². The first kappa shape index (κ1) is 18.1. The van der Waals surface area contributed by atoms with E-state index in [0.29, 0.717) is 16.9 Å². The van der Waals surface area contributed by atoms with Crippen molar-refractivity contribution in [3.63, 3.8) is 0 Å². The highest BCUT2D eigenvalue weighted by Gasteiger charge is 2.07. The maximum absolute atomic E-state index is 12.2. The highest BCUT2D eigenvalue weighted by Crippen LogP contribution is 2.18. The third kappa shape index (κ3) is 4.26. The molecule has 0 aliphatic rings.